The summed E-state index contributed by atoms with van der Waals surface area (Å²) in [6.07, 6.45) is 8.20. The number of nitrogens with one attached hydrogen (secondary N) is 1. The zero-order valence-corrected chi connectivity index (χ0v) is 13.6. The Hall–Kier alpha value is -2.56. The van der Waals surface area contributed by atoms with Crippen LogP contribution in [0.15, 0.2) is 48.8 Å². The zero-order chi connectivity index (χ0) is 16.5. The van der Waals surface area contributed by atoms with Crippen molar-refractivity contribution in [3.63, 3.8) is 0 Å². The topological polar surface area (TPSA) is 56.2 Å². The van der Waals surface area contributed by atoms with E-state index in [1.165, 1.54) is 0 Å². The summed E-state index contributed by atoms with van der Waals surface area (Å²) in [7, 11) is 0. The Kier molecular flexibility index (Phi) is 6.41. The summed E-state index contributed by atoms with van der Waals surface area (Å²) in [6.45, 7) is 5.01. The van der Waals surface area contributed by atoms with Gasteiger partial charge in [-0.15, -0.1) is 0 Å². The van der Waals surface area contributed by atoms with Gasteiger partial charge in [-0.25, -0.2) is 4.79 Å². The van der Waals surface area contributed by atoms with Gasteiger partial charge >= 0.3 is 6.09 Å². The van der Waals surface area contributed by atoms with E-state index in [0.717, 1.165) is 17.5 Å². The number of carbonyl (C=O) groups is 1. The molecule has 122 valence electrons. The van der Waals surface area contributed by atoms with Crippen LogP contribution < -0.4 is 5.32 Å². The molecule has 1 amide bonds. The first kappa shape index (κ1) is 16.8. The summed E-state index contributed by atoms with van der Waals surface area (Å²) in [5.41, 5.74) is 2.04. The zero-order valence-electron chi connectivity index (χ0n) is 13.6. The van der Waals surface area contributed by atoms with E-state index in [4.69, 9.17) is 4.74 Å². The van der Waals surface area contributed by atoms with Crippen LogP contribution in [0.2, 0.25) is 0 Å². The van der Waals surface area contributed by atoms with E-state index in [-0.39, 0.29) is 6.61 Å². The van der Waals surface area contributed by atoms with Crippen molar-refractivity contribution in [3.8, 4) is 0 Å². The van der Waals surface area contributed by atoms with Gasteiger partial charge in [0.1, 0.15) is 6.61 Å². The van der Waals surface area contributed by atoms with E-state index in [0.29, 0.717) is 12.6 Å². The maximum Gasteiger partial charge on any atom is 0.407 e. The van der Waals surface area contributed by atoms with Crippen molar-refractivity contribution in [2.24, 2.45) is 0 Å². The molecule has 5 nitrogen and oxygen atoms in total. The van der Waals surface area contributed by atoms with Crippen LogP contribution in [0.4, 0.5) is 4.79 Å². The minimum absolute atomic E-state index is 0.289. The van der Waals surface area contributed by atoms with Crippen molar-refractivity contribution in [3.05, 3.63) is 59.9 Å². The van der Waals surface area contributed by atoms with E-state index in [2.05, 4.69) is 24.3 Å². The van der Waals surface area contributed by atoms with Crippen LogP contribution in [-0.4, -0.2) is 22.4 Å². The molecule has 1 aromatic carbocycles. The Bertz CT molecular complexity index is 633. The van der Waals surface area contributed by atoms with Crippen molar-refractivity contribution in [2.45, 2.75) is 32.9 Å². The van der Waals surface area contributed by atoms with Gasteiger partial charge in [-0.05, 0) is 25.8 Å². The first-order valence-electron chi connectivity index (χ1n) is 7.80. The van der Waals surface area contributed by atoms with Crippen molar-refractivity contribution in [1.29, 1.82) is 0 Å². The molecule has 0 atom stereocenters. The third-order valence-electron chi connectivity index (χ3n) is 3.25. The van der Waals surface area contributed by atoms with Crippen LogP contribution in [0.25, 0.3) is 6.08 Å². The second-order valence-corrected chi connectivity index (χ2v) is 5.53. The highest BCUT2D eigenvalue weighted by molar-refractivity contribution is 5.67. The molecule has 0 fully saturated rings. The quantitative estimate of drug-likeness (QED) is 0.791. The van der Waals surface area contributed by atoms with Gasteiger partial charge in [-0.3, -0.25) is 4.68 Å². The second-order valence-electron chi connectivity index (χ2n) is 5.53. The predicted octanol–water partition coefficient (Wildman–Crippen LogP) is 3.79. The standard InChI is InChI=1S/C18H23N3O2/c1-15(2)21-13-17(12-20-21)10-6-7-11-19-18(22)23-14-16-8-4-3-5-9-16/h3-6,8-10,12-13,15H,7,11,14H2,1-2H3,(H,19,22). The Balaban J connectivity index is 1.62. The minimum atomic E-state index is -0.394. The molecule has 2 aromatic rings. The van der Waals surface area contributed by atoms with Gasteiger partial charge in [0.05, 0.1) is 6.20 Å². The van der Waals surface area contributed by atoms with E-state index in [1.54, 1.807) is 0 Å². The lowest BCUT2D eigenvalue weighted by Crippen LogP contribution is -2.24. The molecule has 0 aliphatic heterocycles. The molecule has 0 spiro atoms. The Morgan fingerprint density at radius 2 is 2.13 bits per heavy atom. The van der Waals surface area contributed by atoms with Crippen LogP contribution in [0.5, 0.6) is 0 Å². The minimum Gasteiger partial charge on any atom is -0.445 e. The normalized spacial score (nSPS) is 11.1. The van der Waals surface area contributed by atoms with Crippen molar-refractivity contribution >= 4 is 12.2 Å². The fourth-order valence-corrected chi connectivity index (χ4v) is 1.97. The van der Waals surface area contributed by atoms with Crippen LogP contribution in [0, 0.1) is 0 Å². The Labute approximate surface area is 137 Å². The fraction of sp³-hybridized carbons (Fsp3) is 0.333. The number of alkyl carbamates (subject to hydrolysis) is 1. The molecule has 2 rings (SSSR count). The summed E-state index contributed by atoms with van der Waals surface area (Å²) in [5.74, 6) is 0. The Morgan fingerprint density at radius 3 is 2.83 bits per heavy atom. The second kappa shape index (κ2) is 8.78. The number of carbonyl (C=O) groups excluding carboxylic acids is 1. The van der Waals surface area contributed by atoms with Crippen LogP contribution >= 0.6 is 0 Å². The summed E-state index contributed by atoms with van der Waals surface area (Å²) in [6, 6.07) is 9.98. The highest BCUT2D eigenvalue weighted by Crippen LogP contribution is 2.07. The highest BCUT2D eigenvalue weighted by Gasteiger charge is 2.01. The van der Waals surface area contributed by atoms with Crippen LogP contribution in [0.1, 0.15) is 37.4 Å². The van der Waals surface area contributed by atoms with Gasteiger partial charge in [0.15, 0.2) is 0 Å². The largest absolute Gasteiger partial charge is 0.445 e. The predicted molar refractivity (Wildman–Crippen MR) is 90.9 cm³/mol. The highest BCUT2D eigenvalue weighted by atomic mass is 16.5. The summed E-state index contributed by atoms with van der Waals surface area (Å²) < 4.78 is 7.05. The molecule has 0 saturated carbocycles. The lowest BCUT2D eigenvalue weighted by atomic mass is 10.2. The molecule has 0 radical (unpaired) electrons. The van der Waals surface area contributed by atoms with Crippen LogP contribution in [0.3, 0.4) is 0 Å². The van der Waals surface area contributed by atoms with Gasteiger partial charge in [0, 0.05) is 24.3 Å². The fourth-order valence-electron chi connectivity index (χ4n) is 1.97. The summed E-state index contributed by atoms with van der Waals surface area (Å²) >= 11 is 0. The van der Waals surface area contributed by atoms with Crippen LogP contribution in [-0.2, 0) is 11.3 Å². The molecule has 0 aliphatic carbocycles. The third-order valence-corrected chi connectivity index (χ3v) is 3.25. The molecule has 23 heavy (non-hydrogen) atoms. The number of ether oxygens (including phenoxy) is 1. The number of hydrogen-bond acceptors (Lipinski definition) is 3. The molecule has 1 heterocycles. The van der Waals surface area contributed by atoms with Gasteiger partial charge in [-0.2, -0.15) is 5.10 Å². The molecular weight excluding hydrogens is 290 g/mol. The number of nitrogens with zero attached hydrogens (tertiary/aromatic N) is 2. The van der Waals surface area contributed by atoms with Gasteiger partial charge in [0.25, 0.3) is 0 Å². The van der Waals surface area contributed by atoms with Crippen molar-refractivity contribution < 1.29 is 9.53 Å². The van der Waals surface area contributed by atoms with Gasteiger partial charge < -0.3 is 10.1 Å². The van der Waals surface area contributed by atoms with Crippen molar-refractivity contribution in [1.82, 2.24) is 15.1 Å². The van der Waals surface area contributed by atoms with Gasteiger partial charge in [0.2, 0.25) is 0 Å². The molecule has 5 heteroatoms. The molecule has 0 saturated heterocycles. The van der Waals surface area contributed by atoms with E-state index in [1.807, 2.05) is 59.6 Å². The molecule has 0 unspecified atom stereocenters. The number of amides is 1. The van der Waals surface area contributed by atoms with E-state index < -0.39 is 6.09 Å². The SMILES string of the molecule is CC(C)n1cc(C=CCCNC(=O)OCc2ccccc2)cn1. The van der Waals surface area contributed by atoms with E-state index >= 15 is 0 Å². The maximum absolute atomic E-state index is 11.6. The number of hydrogen-bond donors (Lipinski definition) is 1. The molecule has 0 bridgehead atoms. The van der Waals surface area contributed by atoms with E-state index in [9.17, 15) is 4.79 Å². The molecule has 0 aliphatic rings. The van der Waals surface area contributed by atoms with Crippen molar-refractivity contribution in [2.75, 3.05) is 6.54 Å². The number of rotatable bonds is 7. The monoisotopic (exact) mass is 313 g/mol. The lowest BCUT2D eigenvalue weighted by Gasteiger charge is -2.05. The lowest BCUT2D eigenvalue weighted by molar-refractivity contribution is 0.140. The molecule has 1 N–H and O–H groups in total. The maximum atomic E-state index is 11.6. The molecule has 1 aromatic heterocycles. The first-order chi connectivity index (χ1) is 11.1. The average Bonchev–Trinajstić information content (AvgIpc) is 3.03. The number of benzene rings is 1. The smallest absolute Gasteiger partial charge is 0.407 e. The van der Waals surface area contributed by atoms with Gasteiger partial charge in [-0.1, -0.05) is 42.5 Å². The molecular formula is C18H23N3O2. The average molecular weight is 313 g/mol. The summed E-state index contributed by atoms with van der Waals surface area (Å²) in [4.78, 5) is 11.6. The summed E-state index contributed by atoms with van der Waals surface area (Å²) in [5, 5.41) is 7.00. The first-order valence-corrected chi connectivity index (χ1v) is 7.80. The Morgan fingerprint density at radius 1 is 1.35 bits per heavy atom. The third kappa shape index (κ3) is 5.98. The number of aromatic nitrogens is 2.